The zero-order chi connectivity index (χ0) is 39.9. The molecule has 53 heavy (non-hydrogen) atoms. The molecule has 16 nitrogen and oxygen atoms in total. The molecule has 16 heteroatoms. The van der Waals surface area contributed by atoms with Crippen LogP contribution < -0.4 is 21.3 Å². The molecular formula is C37H58N8O8. The molecule has 0 spiro atoms. The highest BCUT2D eigenvalue weighted by Gasteiger charge is 2.47. The molecule has 0 bridgehead atoms. The summed E-state index contributed by atoms with van der Waals surface area (Å²) in [4.78, 5) is 84.3. The normalized spacial score (nSPS) is 17.5. The van der Waals surface area contributed by atoms with Gasteiger partial charge in [0.1, 0.15) is 12.1 Å². The van der Waals surface area contributed by atoms with Gasteiger partial charge in [-0.3, -0.25) is 24.0 Å². The third-order valence-electron chi connectivity index (χ3n) is 8.27. The quantitative estimate of drug-likeness (QED) is 0.0741. The number of unbranched alkanes of at least 4 members (excludes halogenated alkanes) is 1. The van der Waals surface area contributed by atoms with E-state index in [0.717, 1.165) is 0 Å². The lowest BCUT2D eigenvalue weighted by Gasteiger charge is -2.35. The van der Waals surface area contributed by atoms with E-state index in [4.69, 9.17) is 15.0 Å². The van der Waals surface area contributed by atoms with E-state index in [0.29, 0.717) is 18.4 Å². The van der Waals surface area contributed by atoms with Gasteiger partial charge in [-0.05, 0) is 49.6 Å². The Bertz CT molecular complexity index is 1470. The summed E-state index contributed by atoms with van der Waals surface area (Å²) in [5.74, 6) is -3.74. The van der Waals surface area contributed by atoms with E-state index in [-0.39, 0.29) is 38.5 Å². The molecule has 1 aliphatic heterocycles. The van der Waals surface area contributed by atoms with Crippen molar-refractivity contribution in [2.45, 2.75) is 124 Å². The molecule has 0 saturated carbocycles. The number of nitrogens with zero attached hydrogens (tertiary/aromatic N) is 4. The van der Waals surface area contributed by atoms with Crippen LogP contribution in [0.1, 0.15) is 99.6 Å². The van der Waals surface area contributed by atoms with Gasteiger partial charge in [-0.1, -0.05) is 89.8 Å². The third kappa shape index (κ3) is 15.1. The molecule has 294 valence electrons. The number of carbonyl (C=O) groups is 6. The lowest BCUT2D eigenvalue weighted by atomic mass is 9.85. The van der Waals surface area contributed by atoms with Crippen LogP contribution in [0.2, 0.25) is 0 Å². The Hall–Kier alpha value is -4.69. The van der Waals surface area contributed by atoms with Crippen molar-refractivity contribution in [3.63, 3.8) is 0 Å². The van der Waals surface area contributed by atoms with Crippen molar-refractivity contribution < 1.29 is 38.2 Å². The molecule has 5 unspecified atom stereocenters. The van der Waals surface area contributed by atoms with Crippen molar-refractivity contribution in [1.82, 2.24) is 26.2 Å². The number of ether oxygens (including phenoxy) is 2. The standard InChI is InChI=1S/C37H58N8O8/c1-10-11-17-26(30(47)33(49)39-20-29(46)41-27(19-40-44-38)24-15-13-12-14-16-24)42-32(48)28-18-25(53-37(7,8)9)21-45(28)34(50)31(36(4,5)6)43-35(51)52-22-23(2)3/h12-16,23,25-28,31H,10-11,17-22H2,1-9H3,(H,39,49)(H,41,46)(H,42,48)(H,43,51). The molecule has 1 saturated heterocycles. The second-order valence-electron chi connectivity index (χ2n) is 15.7. The monoisotopic (exact) mass is 742 g/mol. The minimum atomic E-state index is -1.24. The first-order valence-electron chi connectivity index (χ1n) is 18.2. The van der Waals surface area contributed by atoms with Crippen molar-refractivity contribution >= 4 is 35.5 Å². The zero-order valence-electron chi connectivity index (χ0n) is 32.6. The Morgan fingerprint density at radius 2 is 1.66 bits per heavy atom. The number of azide groups is 1. The first-order chi connectivity index (χ1) is 24.8. The van der Waals surface area contributed by atoms with E-state index in [1.165, 1.54) is 4.90 Å². The number of nitrogens with one attached hydrogen (secondary N) is 4. The van der Waals surface area contributed by atoms with Crippen LogP contribution in [0.15, 0.2) is 35.4 Å². The van der Waals surface area contributed by atoms with E-state index in [2.05, 4.69) is 31.3 Å². The maximum atomic E-state index is 14.2. The van der Waals surface area contributed by atoms with Crippen LogP contribution in [0.5, 0.6) is 0 Å². The van der Waals surface area contributed by atoms with E-state index < -0.39 is 83.3 Å². The number of alkyl carbamates (subject to hydrolysis) is 1. The van der Waals surface area contributed by atoms with Crippen molar-refractivity contribution in [2.24, 2.45) is 16.4 Å². The number of amides is 5. The first-order valence-corrected chi connectivity index (χ1v) is 18.2. The van der Waals surface area contributed by atoms with Crippen molar-refractivity contribution in [1.29, 1.82) is 0 Å². The van der Waals surface area contributed by atoms with Crippen LogP contribution in [0, 0.1) is 11.3 Å². The van der Waals surface area contributed by atoms with Crippen LogP contribution in [-0.2, 0) is 33.4 Å². The summed E-state index contributed by atoms with van der Waals surface area (Å²) < 4.78 is 11.5. The number of hydrogen-bond acceptors (Lipinski definition) is 9. The Balaban J connectivity index is 2.25. The number of benzene rings is 1. The zero-order valence-corrected chi connectivity index (χ0v) is 32.6. The van der Waals surface area contributed by atoms with Gasteiger partial charge in [0.25, 0.3) is 5.91 Å². The largest absolute Gasteiger partial charge is 0.449 e. The smallest absolute Gasteiger partial charge is 0.407 e. The number of likely N-dealkylation sites (tertiary alicyclic amines) is 1. The van der Waals surface area contributed by atoms with Crippen LogP contribution in [0.4, 0.5) is 4.79 Å². The fourth-order valence-corrected chi connectivity index (χ4v) is 5.73. The second-order valence-corrected chi connectivity index (χ2v) is 15.7. The summed E-state index contributed by atoms with van der Waals surface area (Å²) >= 11 is 0. The molecule has 2 rings (SSSR count). The molecule has 0 aliphatic carbocycles. The third-order valence-corrected chi connectivity index (χ3v) is 8.27. The van der Waals surface area contributed by atoms with Crippen LogP contribution in [0.25, 0.3) is 10.4 Å². The Morgan fingerprint density at radius 1 is 1.00 bits per heavy atom. The van der Waals surface area contributed by atoms with Gasteiger partial charge in [0.2, 0.25) is 23.5 Å². The number of hydrogen-bond donors (Lipinski definition) is 4. The predicted octanol–water partition coefficient (Wildman–Crippen LogP) is 4.10. The maximum Gasteiger partial charge on any atom is 0.407 e. The molecule has 0 radical (unpaired) electrons. The average Bonchev–Trinajstić information content (AvgIpc) is 3.50. The van der Waals surface area contributed by atoms with E-state index in [1.54, 1.807) is 51.1 Å². The highest BCUT2D eigenvalue weighted by Crippen LogP contribution is 2.29. The van der Waals surface area contributed by atoms with Crippen molar-refractivity contribution in [3.8, 4) is 0 Å². The number of Topliss-reactive ketones (excluding diaryl/α,β-unsaturated/α-hetero) is 1. The summed E-state index contributed by atoms with van der Waals surface area (Å²) in [6, 6.07) is 4.78. The van der Waals surface area contributed by atoms with Crippen LogP contribution >= 0.6 is 0 Å². The summed E-state index contributed by atoms with van der Waals surface area (Å²) in [6.07, 6.45) is 0.124. The molecule has 4 N–H and O–H groups in total. The molecule has 5 atom stereocenters. The average molecular weight is 743 g/mol. The second kappa shape index (κ2) is 20.5. The van der Waals surface area contributed by atoms with Gasteiger partial charge >= 0.3 is 6.09 Å². The minimum Gasteiger partial charge on any atom is -0.449 e. The van der Waals surface area contributed by atoms with Crippen LogP contribution in [0.3, 0.4) is 0 Å². The molecule has 5 amide bonds. The minimum absolute atomic E-state index is 0.0519. The first kappa shape index (κ1) is 44.5. The van der Waals surface area contributed by atoms with Gasteiger partial charge in [0.05, 0.1) is 43.5 Å². The highest BCUT2D eigenvalue weighted by molar-refractivity contribution is 6.38. The number of ketones is 1. The van der Waals surface area contributed by atoms with Gasteiger partial charge in [-0.25, -0.2) is 4.79 Å². The Kier molecular flexibility index (Phi) is 17.2. The van der Waals surface area contributed by atoms with E-state index in [1.807, 2.05) is 41.5 Å². The number of rotatable bonds is 18. The fraction of sp³-hybridized carbons (Fsp3) is 0.676. The molecule has 1 fully saturated rings. The Labute approximate surface area is 312 Å². The van der Waals surface area contributed by atoms with Gasteiger partial charge in [-0.2, -0.15) is 0 Å². The molecule has 1 heterocycles. The Morgan fingerprint density at radius 3 is 2.23 bits per heavy atom. The van der Waals surface area contributed by atoms with Crippen LogP contribution in [-0.4, -0.2) is 96.5 Å². The lowest BCUT2D eigenvalue weighted by molar-refractivity contribution is -0.144. The van der Waals surface area contributed by atoms with Crippen molar-refractivity contribution in [3.05, 3.63) is 46.3 Å². The molecule has 1 aromatic carbocycles. The summed E-state index contributed by atoms with van der Waals surface area (Å²) in [7, 11) is 0. The molecule has 1 aliphatic rings. The van der Waals surface area contributed by atoms with Gasteiger partial charge in [0, 0.05) is 17.9 Å². The van der Waals surface area contributed by atoms with Gasteiger partial charge in [0.15, 0.2) is 0 Å². The summed E-state index contributed by atoms with van der Waals surface area (Å²) in [6.45, 7) is 16.2. The maximum absolute atomic E-state index is 14.2. The van der Waals surface area contributed by atoms with E-state index >= 15 is 0 Å². The number of carbonyl (C=O) groups excluding carboxylic acids is 6. The lowest BCUT2D eigenvalue weighted by Crippen LogP contribution is -2.59. The van der Waals surface area contributed by atoms with E-state index in [9.17, 15) is 28.8 Å². The highest BCUT2D eigenvalue weighted by atomic mass is 16.5. The SMILES string of the molecule is CCCCC(NC(=O)C1CC(OC(C)(C)C)CN1C(=O)C(NC(=O)OCC(C)C)C(C)(C)C)C(=O)C(=O)NCC(=O)NC(CN=[N+]=[N-])c1ccccc1. The summed E-state index contributed by atoms with van der Waals surface area (Å²) in [5.41, 5.74) is 8.09. The molecule has 0 aromatic heterocycles. The predicted molar refractivity (Wildman–Crippen MR) is 198 cm³/mol. The fourth-order valence-electron chi connectivity index (χ4n) is 5.73. The topological polar surface area (TPSA) is 221 Å². The van der Waals surface area contributed by atoms with Gasteiger partial charge < -0.3 is 35.6 Å². The van der Waals surface area contributed by atoms with Crippen molar-refractivity contribution in [2.75, 3.05) is 26.2 Å². The molecular weight excluding hydrogens is 684 g/mol. The molecule has 1 aromatic rings. The van der Waals surface area contributed by atoms with Gasteiger partial charge in [-0.15, -0.1) is 0 Å². The summed E-state index contributed by atoms with van der Waals surface area (Å²) in [5, 5.41) is 14.0.